The van der Waals surface area contributed by atoms with E-state index in [1.807, 2.05) is 0 Å². The van der Waals surface area contributed by atoms with Gasteiger partial charge >= 0.3 is 5.97 Å². The first kappa shape index (κ1) is 17.2. The number of nitrogens with zero attached hydrogens (tertiary/aromatic N) is 2. The standard InChI is InChI=1S/C16H12FN3O3S2/c1-23-14-11(6-7-12(19-14)16(21)22)20-25-13-8-18-15(24-13)9-2-4-10(17)5-3-9/h2-8,20H,1H3,(H,21,22). The summed E-state index contributed by atoms with van der Waals surface area (Å²) in [5.74, 6) is -1.22. The highest BCUT2D eigenvalue weighted by Crippen LogP contribution is 2.34. The van der Waals surface area contributed by atoms with Crippen LogP contribution in [0.15, 0.2) is 46.8 Å². The van der Waals surface area contributed by atoms with Crippen molar-refractivity contribution < 1.29 is 19.0 Å². The molecule has 25 heavy (non-hydrogen) atoms. The molecular weight excluding hydrogens is 365 g/mol. The summed E-state index contributed by atoms with van der Waals surface area (Å²) in [4.78, 5) is 19.2. The number of methoxy groups -OCH3 is 1. The molecule has 0 spiro atoms. The van der Waals surface area contributed by atoms with Crippen molar-refractivity contribution in [3.8, 4) is 16.5 Å². The molecular formula is C16H12FN3O3S2. The first-order valence-corrected chi connectivity index (χ1v) is 8.63. The van der Waals surface area contributed by atoms with Gasteiger partial charge in [-0.15, -0.1) is 11.3 Å². The highest BCUT2D eigenvalue weighted by atomic mass is 32.2. The number of rotatable bonds is 6. The summed E-state index contributed by atoms with van der Waals surface area (Å²) in [6, 6.07) is 9.11. The van der Waals surface area contributed by atoms with Crippen molar-refractivity contribution in [2.75, 3.05) is 11.8 Å². The van der Waals surface area contributed by atoms with Crippen LogP contribution in [0.4, 0.5) is 10.1 Å². The summed E-state index contributed by atoms with van der Waals surface area (Å²) in [5, 5.41) is 9.73. The number of hydrogen-bond donors (Lipinski definition) is 2. The minimum absolute atomic E-state index is 0.0937. The van der Waals surface area contributed by atoms with Crippen molar-refractivity contribution in [1.29, 1.82) is 0 Å². The first-order valence-electron chi connectivity index (χ1n) is 7.00. The number of hydrogen-bond acceptors (Lipinski definition) is 7. The van der Waals surface area contributed by atoms with Crippen molar-refractivity contribution >= 4 is 34.9 Å². The van der Waals surface area contributed by atoms with E-state index >= 15 is 0 Å². The van der Waals surface area contributed by atoms with Crippen molar-refractivity contribution in [3.63, 3.8) is 0 Å². The van der Waals surface area contributed by atoms with E-state index in [1.54, 1.807) is 24.4 Å². The van der Waals surface area contributed by atoms with Crippen LogP contribution in [0.3, 0.4) is 0 Å². The molecule has 0 bridgehead atoms. The third kappa shape index (κ3) is 4.06. The SMILES string of the molecule is COc1nc(C(=O)O)ccc1NSc1cnc(-c2ccc(F)cc2)s1. The third-order valence-electron chi connectivity index (χ3n) is 3.11. The van der Waals surface area contributed by atoms with E-state index in [0.29, 0.717) is 5.69 Å². The van der Waals surface area contributed by atoms with Gasteiger partial charge in [-0.25, -0.2) is 19.2 Å². The Balaban J connectivity index is 1.72. The number of ether oxygens (including phenoxy) is 1. The summed E-state index contributed by atoms with van der Waals surface area (Å²) >= 11 is 2.74. The number of halogens is 1. The topological polar surface area (TPSA) is 84.3 Å². The van der Waals surface area contributed by atoms with Crippen LogP contribution in [0.2, 0.25) is 0 Å². The third-order valence-corrected chi connectivity index (χ3v) is 5.08. The van der Waals surface area contributed by atoms with Crippen molar-refractivity contribution in [3.05, 3.63) is 54.1 Å². The van der Waals surface area contributed by atoms with Gasteiger partial charge in [0.15, 0.2) is 5.69 Å². The molecule has 0 aliphatic rings. The lowest BCUT2D eigenvalue weighted by Crippen LogP contribution is -2.03. The zero-order valence-corrected chi connectivity index (χ0v) is 14.5. The summed E-state index contributed by atoms with van der Waals surface area (Å²) < 4.78 is 22.0. The molecule has 9 heteroatoms. The lowest BCUT2D eigenvalue weighted by Gasteiger charge is -2.08. The second-order valence-electron chi connectivity index (χ2n) is 4.75. The highest BCUT2D eigenvalue weighted by Gasteiger charge is 2.12. The van der Waals surface area contributed by atoms with Crippen LogP contribution in [0.5, 0.6) is 5.88 Å². The van der Waals surface area contributed by atoms with Gasteiger partial charge in [-0.2, -0.15) is 0 Å². The van der Waals surface area contributed by atoms with Crippen LogP contribution in [-0.4, -0.2) is 28.2 Å². The fraction of sp³-hybridized carbons (Fsp3) is 0.0625. The zero-order chi connectivity index (χ0) is 17.8. The number of carbonyl (C=O) groups is 1. The Kier molecular flexibility index (Phi) is 5.15. The Labute approximate surface area is 150 Å². The molecule has 3 rings (SSSR count). The van der Waals surface area contributed by atoms with Crippen LogP contribution in [0, 0.1) is 5.82 Å². The van der Waals surface area contributed by atoms with E-state index in [-0.39, 0.29) is 17.4 Å². The number of benzene rings is 1. The molecule has 128 valence electrons. The molecule has 0 aliphatic carbocycles. The Morgan fingerprint density at radius 1 is 1.28 bits per heavy atom. The largest absolute Gasteiger partial charge is 0.479 e. The second-order valence-corrected chi connectivity index (χ2v) is 6.89. The maximum absolute atomic E-state index is 13.0. The van der Waals surface area contributed by atoms with Crippen LogP contribution in [0.1, 0.15) is 10.5 Å². The Bertz CT molecular complexity index is 900. The summed E-state index contributed by atoms with van der Waals surface area (Å²) in [5.41, 5.74) is 1.29. The maximum Gasteiger partial charge on any atom is 0.354 e. The van der Waals surface area contributed by atoms with Gasteiger partial charge in [0.2, 0.25) is 5.88 Å². The van der Waals surface area contributed by atoms with E-state index in [0.717, 1.165) is 14.8 Å². The van der Waals surface area contributed by atoms with E-state index in [4.69, 9.17) is 9.84 Å². The predicted octanol–water partition coefficient (Wildman–Crippen LogP) is 4.17. The molecule has 0 radical (unpaired) electrons. The van der Waals surface area contributed by atoms with Crippen molar-refractivity contribution in [1.82, 2.24) is 9.97 Å². The average molecular weight is 377 g/mol. The molecule has 2 aromatic heterocycles. The molecule has 0 saturated heterocycles. The first-order chi connectivity index (χ1) is 12.1. The van der Waals surface area contributed by atoms with E-state index < -0.39 is 5.97 Å². The molecule has 3 aromatic rings. The predicted molar refractivity (Wildman–Crippen MR) is 94.7 cm³/mol. The van der Waals surface area contributed by atoms with Gasteiger partial charge in [0.1, 0.15) is 20.7 Å². The number of carboxylic acid groups (broad SMARTS) is 1. The zero-order valence-electron chi connectivity index (χ0n) is 12.9. The van der Waals surface area contributed by atoms with E-state index in [9.17, 15) is 9.18 Å². The normalized spacial score (nSPS) is 10.5. The lowest BCUT2D eigenvalue weighted by molar-refractivity contribution is 0.0689. The highest BCUT2D eigenvalue weighted by molar-refractivity contribution is 8.02. The fourth-order valence-electron chi connectivity index (χ4n) is 1.93. The van der Waals surface area contributed by atoms with E-state index in [1.165, 1.54) is 48.6 Å². The number of aromatic carboxylic acids is 1. The quantitative estimate of drug-likeness (QED) is 0.624. The monoisotopic (exact) mass is 377 g/mol. The molecule has 2 N–H and O–H groups in total. The molecule has 0 fully saturated rings. The minimum Gasteiger partial charge on any atom is -0.479 e. The van der Waals surface area contributed by atoms with Gasteiger partial charge < -0.3 is 14.6 Å². The van der Waals surface area contributed by atoms with Crippen molar-refractivity contribution in [2.24, 2.45) is 0 Å². The molecule has 2 heterocycles. The van der Waals surface area contributed by atoms with Gasteiger partial charge in [-0.05, 0) is 48.3 Å². The van der Waals surface area contributed by atoms with Crippen LogP contribution >= 0.6 is 23.3 Å². The van der Waals surface area contributed by atoms with E-state index in [2.05, 4.69) is 14.7 Å². The average Bonchev–Trinajstić information content (AvgIpc) is 3.09. The number of thiazole rings is 1. The van der Waals surface area contributed by atoms with Crippen LogP contribution in [0.25, 0.3) is 10.6 Å². The number of anilines is 1. The summed E-state index contributed by atoms with van der Waals surface area (Å²) in [6.45, 7) is 0. The van der Waals surface area contributed by atoms with Gasteiger partial charge in [0, 0.05) is 5.56 Å². The van der Waals surface area contributed by atoms with Crippen molar-refractivity contribution in [2.45, 2.75) is 4.21 Å². The fourth-order valence-corrected chi connectivity index (χ4v) is 3.59. The Hall–Kier alpha value is -2.65. The van der Waals surface area contributed by atoms with Crippen LogP contribution < -0.4 is 9.46 Å². The summed E-state index contributed by atoms with van der Waals surface area (Å²) in [7, 11) is 1.42. The molecule has 0 unspecified atom stereocenters. The van der Waals surface area contributed by atoms with Gasteiger partial charge in [-0.1, -0.05) is 0 Å². The lowest BCUT2D eigenvalue weighted by atomic mass is 10.2. The molecule has 1 aromatic carbocycles. The van der Waals surface area contributed by atoms with Gasteiger partial charge in [0.05, 0.1) is 13.3 Å². The number of aromatic nitrogens is 2. The smallest absolute Gasteiger partial charge is 0.354 e. The molecule has 0 saturated carbocycles. The maximum atomic E-state index is 13.0. The molecule has 0 amide bonds. The van der Waals surface area contributed by atoms with Gasteiger partial charge in [0.25, 0.3) is 0 Å². The second kappa shape index (κ2) is 7.49. The number of nitrogens with one attached hydrogen (secondary N) is 1. The summed E-state index contributed by atoms with van der Waals surface area (Å²) in [6.07, 6.45) is 1.70. The number of pyridine rings is 1. The Morgan fingerprint density at radius 2 is 2.04 bits per heavy atom. The number of carboxylic acids is 1. The van der Waals surface area contributed by atoms with Gasteiger partial charge in [-0.3, -0.25) is 0 Å². The molecule has 6 nitrogen and oxygen atoms in total. The minimum atomic E-state index is -1.12. The molecule has 0 aliphatic heterocycles. The molecule has 0 atom stereocenters. The van der Waals surface area contributed by atoms with Crippen LogP contribution in [-0.2, 0) is 0 Å². The Morgan fingerprint density at radius 3 is 2.72 bits per heavy atom.